The van der Waals surface area contributed by atoms with Gasteiger partial charge in [0.15, 0.2) is 23.1 Å². The van der Waals surface area contributed by atoms with Gasteiger partial charge in [0.1, 0.15) is 18.9 Å². The topological polar surface area (TPSA) is 78.4 Å². The molecule has 8 nitrogen and oxygen atoms in total. The number of aromatic nitrogens is 1. The number of carbonyl (C=O) groups excluding carboxylic acids is 1. The minimum absolute atomic E-state index is 0.117. The lowest BCUT2D eigenvalue weighted by Crippen LogP contribution is -2.68. The van der Waals surface area contributed by atoms with E-state index in [1.807, 2.05) is 29.3 Å². The van der Waals surface area contributed by atoms with Crippen molar-refractivity contribution >= 4 is 17.7 Å². The molecule has 2 saturated heterocycles. The number of hydrazine groups is 1. The molecule has 2 fully saturated rings. The third-order valence-corrected chi connectivity index (χ3v) is 8.90. The number of aliphatic hydroxyl groups excluding tert-OH is 1. The van der Waals surface area contributed by atoms with E-state index in [0.29, 0.717) is 18.7 Å². The van der Waals surface area contributed by atoms with E-state index in [4.69, 9.17) is 9.47 Å². The van der Waals surface area contributed by atoms with E-state index in [0.717, 1.165) is 22.1 Å². The Balaban J connectivity index is 1.41. The molecule has 1 N–H and O–H groups in total. The van der Waals surface area contributed by atoms with E-state index >= 15 is 4.39 Å². The number of halogens is 2. The van der Waals surface area contributed by atoms with E-state index in [9.17, 15) is 14.3 Å². The van der Waals surface area contributed by atoms with E-state index in [1.54, 1.807) is 52.8 Å². The van der Waals surface area contributed by atoms with Crippen LogP contribution in [0.2, 0.25) is 0 Å². The lowest BCUT2D eigenvalue weighted by atomic mass is 9.92. The fourth-order valence-corrected chi connectivity index (χ4v) is 6.96. The van der Waals surface area contributed by atoms with E-state index in [-0.39, 0.29) is 41.9 Å². The zero-order valence-corrected chi connectivity index (χ0v) is 22.6. The summed E-state index contributed by atoms with van der Waals surface area (Å²) < 4.78 is 41.8. The van der Waals surface area contributed by atoms with Gasteiger partial charge in [0.25, 0.3) is 5.91 Å². The number of hydrogen-bond acceptors (Lipinski definition) is 8. The van der Waals surface area contributed by atoms with Crippen molar-refractivity contribution in [2.75, 3.05) is 19.8 Å². The van der Waals surface area contributed by atoms with Crippen molar-refractivity contribution in [1.82, 2.24) is 19.9 Å². The highest BCUT2D eigenvalue weighted by atomic mass is 32.2. The number of ether oxygens (including phenoxy) is 2. The Bertz CT molecular complexity index is 1570. The first-order valence-electron chi connectivity index (χ1n) is 13.3. The molecule has 1 aromatic heterocycles. The zero-order chi connectivity index (χ0) is 28.1. The number of rotatable bonds is 4. The molecule has 5 heterocycles. The average Bonchev–Trinajstić information content (AvgIpc) is 3.17. The summed E-state index contributed by atoms with van der Waals surface area (Å²) in [4.78, 5) is 20.7. The first-order chi connectivity index (χ1) is 20.0. The molecule has 3 aromatic rings. The maximum Gasteiger partial charge on any atom is 0.277 e. The highest BCUT2D eigenvalue weighted by molar-refractivity contribution is 7.98. The van der Waals surface area contributed by atoms with Gasteiger partial charge in [-0.2, -0.15) is 5.01 Å². The van der Waals surface area contributed by atoms with Crippen LogP contribution >= 0.6 is 11.8 Å². The molecule has 4 aliphatic heterocycles. The Morgan fingerprint density at radius 1 is 1.10 bits per heavy atom. The molecule has 1 unspecified atom stereocenters. The Kier molecular flexibility index (Phi) is 6.74. The molecule has 7 rings (SSSR count). The van der Waals surface area contributed by atoms with Crippen molar-refractivity contribution in [3.8, 4) is 0 Å². The average molecular weight is 577 g/mol. The Labute approximate surface area is 239 Å². The highest BCUT2D eigenvalue weighted by Gasteiger charge is 2.50. The predicted molar refractivity (Wildman–Crippen MR) is 145 cm³/mol. The third-order valence-electron chi connectivity index (χ3n) is 7.78. The molecule has 3 atom stereocenters. The monoisotopic (exact) mass is 576 g/mol. The minimum atomic E-state index is -1.15. The quantitative estimate of drug-likeness (QED) is 0.498. The van der Waals surface area contributed by atoms with Gasteiger partial charge >= 0.3 is 0 Å². The van der Waals surface area contributed by atoms with E-state index < -0.39 is 29.9 Å². The van der Waals surface area contributed by atoms with Crippen LogP contribution in [0.25, 0.3) is 0 Å². The van der Waals surface area contributed by atoms with E-state index in [2.05, 4.69) is 4.98 Å². The SMILES string of the molecule is O=C1C2=C(OCc3ccncc3)C(O)C=CN2N([C@@H]2c3ccccc3SCc3c2ccc(F)c3F)[C@@H]2COCCN12. The molecule has 0 spiro atoms. The van der Waals surface area contributed by atoms with E-state index in [1.165, 1.54) is 11.8 Å². The molecule has 41 heavy (non-hydrogen) atoms. The van der Waals surface area contributed by atoms with Crippen LogP contribution in [0.15, 0.2) is 89.6 Å². The zero-order valence-electron chi connectivity index (χ0n) is 21.8. The number of amides is 1. The minimum Gasteiger partial charge on any atom is -0.488 e. The lowest BCUT2D eigenvalue weighted by molar-refractivity contribution is -0.191. The summed E-state index contributed by atoms with van der Waals surface area (Å²) in [6.45, 7) is 1.01. The van der Waals surface area contributed by atoms with Gasteiger partial charge in [0.05, 0.1) is 19.3 Å². The molecule has 0 bridgehead atoms. The van der Waals surface area contributed by atoms with Gasteiger partial charge < -0.3 is 19.5 Å². The summed E-state index contributed by atoms with van der Waals surface area (Å²) in [5.74, 6) is -1.71. The van der Waals surface area contributed by atoms with Crippen molar-refractivity contribution in [1.29, 1.82) is 0 Å². The second-order valence-electron chi connectivity index (χ2n) is 10.1. The molecular weight excluding hydrogens is 550 g/mol. The Morgan fingerprint density at radius 3 is 2.78 bits per heavy atom. The molecule has 11 heteroatoms. The van der Waals surface area contributed by atoms with Crippen LogP contribution in [0.4, 0.5) is 8.78 Å². The standard InChI is InChI=1S/C30H26F2N4O4S/c31-22-6-5-19-21(26(22)32)17-41-24-4-2-1-3-20(24)27(19)36-25-16-39-14-13-34(25)30(38)28-29(23(37)9-12-35(28)36)40-15-18-7-10-33-11-8-18/h1-12,23,25,27,37H,13-17H2/t23?,25-,27+/m1/s1. The van der Waals surface area contributed by atoms with Crippen LogP contribution in [-0.2, 0) is 26.6 Å². The van der Waals surface area contributed by atoms with Gasteiger partial charge in [-0.15, -0.1) is 11.8 Å². The van der Waals surface area contributed by atoms with Crippen molar-refractivity contribution in [3.63, 3.8) is 0 Å². The number of pyridine rings is 1. The van der Waals surface area contributed by atoms with Crippen LogP contribution in [0.1, 0.15) is 28.3 Å². The molecular formula is C30H26F2N4O4S. The third kappa shape index (κ3) is 4.40. The number of thioether (sulfide) groups is 1. The largest absolute Gasteiger partial charge is 0.488 e. The summed E-state index contributed by atoms with van der Waals surface area (Å²) in [6.07, 6.45) is 4.78. The molecule has 210 valence electrons. The first kappa shape index (κ1) is 26.1. The van der Waals surface area contributed by atoms with Crippen molar-refractivity contribution in [3.05, 3.63) is 119 Å². The van der Waals surface area contributed by atoms with Gasteiger partial charge in [0.2, 0.25) is 0 Å². The molecule has 2 aromatic carbocycles. The number of carbonyl (C=O) groups is 1. The molecule has 1 amide bonds. The number of nitrogens with zero attached hydrogens (tertiary/aromatic N) is 4. The maximum absolute atomic E-state index is 15.3. The van der Waals surface area contributed by atoms with Crippen molar-refractivity contribution in [2.45, 2.75) is 35.6 Å². The molecule has 0 saturated carbocycles. The number of hydrogen-bond donors (Lipinski definition) is 1. The fourth-order valence-electron chi connectivity index (χ4n) is 5.84. The summed E-state index contributed by atoms with van der Waals surface area (Å²) >= 11 is 1.45. The van der Waals surface area contributed by atoms with Gasteiger partial charge in [-0.1, -0.05) is 24.3 Å². The maximum atomic E-state index is 15.3. The van der Waals surface area contributed by atoms with Gasteiger partial charge in [-0.3, -0.25) is 14.8 Å². The predicted octanol–water partition coefficient (Wildman–Crippen LogP) is 4.09. The fraction of sp³-hybridized carbons (Fsp3) is 0.267. The van der Waals surface area contributed by atoms with Crippen molar-refractivity contribution in [2.24, 2.45) is 0 Å². The Hall–Kier alpha value is -3.77. The molecule has 0 aliphatic carbocycles. The number of benzene rings is 2. The van der Waals surface area contributed by atoms with Crippen LogP contribution in [0.3, 0.4) is 0 Å². The highest BCUT2D eigenvalue weighted by Crippen LogP contribution is 2.47. The van der Waals surface area contributed by atoms with Crippen LogP contribution in [-0.4, -0.2) is 62.9 Å². The summed E-state index contributed by atoms with van der Waals surface area (Å²) in [5, 5.41) is 14.7. The van der Waals surface area contributed by atoms with Crippen LogP contribution in [0.5, 0.6) is 0 Å². The number of aliphatic hydroxyl groups is 1. The Morgan fingerprint density at radius 2 is 1.93 bits per heavy atom. The molecule has 4 aliphatic rings. The van der Waals surface area contributed by atoms with Crippen LogP contribution < -0.4 is 0 Å². The van der Waals surface area contributed by atoms with Gasteiger partial charge in [-0.25, -0.2) is 8.78 Å². The smallest absolute Gasteiger partial charge is 0.277 e. The summed E-state index contributed by atoms with van der Waals surface area (Å²) in [7, 11) is 0. The second kappa shape index (κ2) is 10.6. The number of morpholine rings is 1. The first-order valence-corrected chi connectivity index (χ1v) is 14.3. The van der Waals surface area contributed by atoms with Gasteiger partial charge in [-0.05, 0) is 47.0 Å². The van der Waals surface area contributed by atoms with Crippen LogP contribution in [0, 0.1) is 11.6 Å². The lowest BCUT2D eigenvalue weighted by Gasteiger charge is -2.55. The van der Waals surface area contributed by atoms with Gasteiger partial charge in [0, 0.05) is 41.4 Å². The second-order valence-corrected chi connectivity index (χ2v) is 11.1. The normalized spacial score (nSPS) is 23.9. The van der Waals surface area contributed by atoms with Crippen molar-refractivity contribution < 1.29 is 28.2 Å². The summed E-state index contributed by atoms with van der Waals surface area (Å²) in [5.41, 5.74) is 2.76. The summed E-state index contributed by atoms with van der Waals surface area (Å²) in [6, 6.07) is 13.5. The number of fused-ring (bicyclic) bond motifs is 4. The molecule has 0 radical (unpaired) electrons.